The number of anilines is 2. The third-order valence-electron chi connectivity index (χ3n) is 7.43. The number of piperidine rings is 1. The quantitative estimate of drug-likeness (QED) is 0.529. The summed E-state index contributed by atoms with van der Waals surface area (Å²) in [6.07, 6.45) is 9.54. The van der Waals surface area contributed by atoms with Gasteiger partial charge in [0, 0.05) is 50.0 Å². The number of nitrogens with zero attached hydrogens (tertiary/aromatic N) is 6. The van der Waals surface area contributed by atoms with Crippen LogP contribution in [0, 0.1) is 6.92 Å². The fourth-order valence-corrected chi connectivity index (χ4v) is 5.67. The molecule has 9 nitrogen and oxygen atoms in total. The third kappa shape index (κ3) is 5.26. The van der Waals surface area contributed by atoms with Crippen LogP contribution in [-0.2, 0) is 4.74 Å². The van der Waals surface area contributed by atoms with E-state index in [1.807, 2.05) is 25.4 Å². The van der Waals surface area contributed by atoms with Crippen LogP contribution in [0.3, 0.4) is 0 Å². The predicted molar refractivity (Wildman–Crippen MR) is 136 cm³/mol. The number of aliphatic hydroxyl groups is 1. The first-order valence-corrected chi connectivity index (χ1v) is 12.9. The zero-order valence-electron chi connectivity index (χ0n) is 21.0. The Morgan fingerprint density at radius 2 is 2.00 bits per heavy atom. The van der Waals surface area contributed by atoms with Crippen molar-refractivity contribution >= 4 is 17.3 Å². The minimum absolute atomic E-state index is 0.115. The first-order valence-electron chi connectivity index (χ1n) is 12.9. The maximum atomic E-state index is 10.1. The number of hydrogen-bond acceptors (Lipinski definition) is 8. The lowest BCUT2D eigenvalue weighted by atomic mass is 9.84. The average Bonchev–Trinajstić information content (AvgIpc) is 3.24. The zero-order chi connectivity index (χ0) is 24.4. The lowest BCUT2D eigenvalue weighted by Crippen LogP contribution is -2.35. The summed E-state index contributed by atoms with van der Waals surface area (Å²) in [6, 6.07) is 4.49. The van der Waals surface area contributed by atoms with Gasteiger partial charge in [0.1, 0.15) is 11.6 Å². The molecule has 35 heavy (non-hydrogen) atoms. The second-order valence-electron chi connectivity index (χ2n) is 10.2. The molecule has 0 aromatic carbocycles. The van der Waals surface area contributed by atoms with Crippen molar-refractivity contribution in [2.45, 2.75) is 76.4 Å². The van der Waals surface area contributed by atoms with Crippen LogP contribution < -0.4 is 10.2 Å². The molecule has 0 radical (unpaired) electrons. The van der Waals surface area contributed by atoms with Crippen molar-refractivity contribution in [3.63, 3.8) is 0 Å². The van der Waals surface area contributed by atoms with E-state index in [0.717, 1.165) is 68.8 Å². The van der Waals surface area contributed by atoms with E-state index in [1.54, 1.807) is 7.11 Å². The van der Waals surface area contributed by atoms with Gasteiger partial charge in [0.25, 0.3) is 0 Å². The van der Waals surface area contributed by atoms with Crippen molar-refractivity contribution in [2.75, 3.05) is 37.0 Å². The van der Waals surface area contributed by atoms with Gasteiger partial charge in [-0.1, -0.05) is 0 Å². The van der Waals surface area contributed by atoms with Crippen molar-refractivity contribution in [2.24, 2.45) is 0 Å². The highest BCUT2D eigenvalue weighted by Crippen LogP contribution is 2.39. The summed E-state index contributed by atoms with van der Waals surface area (Å²) >= 11 is 0. The Hall–Kier alpha value is -2.78. The smallest absolute Gasteiger partial charge is 0.241 e. The first kappa shape index (κ1) is 23.9. The number of methoxy groups -OCH3 is 1. The van der Waals surface area contributed by atoms with E-state index in [-0.39, 0.29) is 12.1 Å². The molecular weight excluding hydrogens is 442 g/mol. The monoisotopic (exact) mass is 479 g/mol. The van der Waals surface area contributed by atoms with E-state index in [9.17, 15) is 5.11 Å². The molecule has 9 heteroatoms. The van der Waals surface area contributed by atoms with Crippen molar-refractivity contribution in [1.29, 1.82) is 0 Å². The molecule has 5 rings (SSSR count). The summed E-state index contributed by atoms with van der Waals surface area (Å²) in [5.41, 5.74) is 3.64. The van der Waals surface area contributed by atoms with Crippen LogP contribution in [0.5, 0.6) is 0 Å². The summed E-state index contributed by atoms with van der Waals surface area (Å²) in [6.45, 7) is 6.52. The molecule has 188 valence electrons. The number of ether oxygens (including phenoxy) is 1. The van der Waals surface area contributed by atoms with Gasteiger partial charge in [0.05, 0.1) is 24.4 Å². The predicted octanol–water partition coefficient (Wildman–Crippen LogP) is 3.68. The SMILES string of the molecule is COC[C@H](C)Nc1ncc2c([C@H]3CCCN(c4ccnc(C)n4)C3)cc([C@H]3CC[C@H](O)CC3)n2n1. The summed E-state index contributed by atoms with van der Waals surface area (Å²) in [5, 5.41) is 18.4. The van der Waals surface area contributed by atoms with E-state index in [4.69, 9.17) is 9.84 Å². The Balaban J connectivity index is 1.48. The summed E-state index contributed by atoms with van der Waals surface area (Å²) < 4.78 is 7.38. The van der Waals surface area contributed by atoms with Crippen LogP contribution in [0.4, 0.5) is 11.8 Å². The van der Waals surface area contributed by atoms with Gasteiger partial charge in [-0.3, -0.25) is 0 Å². The largest absolute Gasteiger partial charge is 0.393 e. The molecule has 1 aliphatic carbocycles. The summed E-state index contributed by atoms with van der Waals surface area (Å²) in [5.74, 6) is 3.19. The van der Waals surface area contributed by atoms with Gasteiger partial charge in [-0.15, -0.1) is 5.10 Å². The van der Waals surface area contributed by atoms with Crippen molar-refractivity contribution in [1.82, 2.24) is 24.6 Å². The van der Waals surface area contributed by atoms with Gasteiger partial charge >= 0.3 is 0 Å². The van der Waals surface area contributed by atoms with E-state index >= 15 is 0 Å². The topological polar surface area (TPSA) is 101 Å². The Labute approximate surface area is 206 Å². The second kappa shape index (κ2) is 10.5. The van der Waals surface area contributed by atoms with Crippen molar-refractivity contribution in [3.8, 4) is 0 Å². The Bertz CT molecular complexity index is 1140. The van der Waals surface area contributed by atoms with Gasteiger partial charge < -0.3 is 20.1 Å². The maximum Gasteiger partial charge on any atom is 0.241 e. The molecule has 3 aromatic heterocycles. The Kier molecular flexibility index (Phi) is 7.15. The van der Waals surface area contributed by atoms with Gasteiger partial charge in [-0.2, -0.15) is 0 Å². The molecule has 2 N–H and O–H groups in total. The van der Waals surface area contributed by atoms with Crippen LogP contribution in [-0.4, -0.2) is 68.6 Å². The number of rotatable bonds is 7. The molecule has 0 amide bonds. The Morgan fingerprint density at radius 3 is 2.77 bits per heavy atom. The second-order valence-corrected chi connectivity index (χ2v) is 10.2. The number of fused-ring (bicyclic) bond motifs is 1. The van der Waals surface area contributed by atoms with Gasteiger partial charge in [0.15, 0.2) is 0 Å². The van der Waals surface area contributed by atoms with Gasteiger partial charge in [-0.25, -0.2) is 19.5 Å². The average molecular weight is 480 g/mol. The molecule has 3 aromatic rings. The lowest BCUT2D eigenvalue weighted by molar-refractivity contribution is 0.121. The standard InChI is InChI=1S/C26H37N7O2/c1-17(16-35-3)29-26-28-14-24-22(13-23(33(24)31-26)19-6-8-21(34)9-7-19)20-5-4-12-32(15-20)25-10-11-27-18(2)30-25/h10-11,13-14,17,19-21,34H,4-9,12,15-16H2,1-3H3,(H,29,31)/t17-,19-,20-,21-/m0/s1. The minimum atomic E-state index is -0.179. The number of hydrogen-bond donors (Lipinski definition) is 2. The first-order chi connectivity index (χ1) is 17.0. The molecule has 2 atom stereocenters. The molecular formula is C26H37N7O2. The molecule has 4 heterocycles. The fourth-order valence-electron chi connectivity index (χ4n) is 5.67. The fraction of sp³-hybridized carbons (Fsp3) is 0.615. The highest BCUT2D eigenvalue weighted by atomic mass is 16.5. The number of aromatic nitrogens is 5. The molecule has 1 saturated heterocycles. The van der Waals surface area contributed by atoms with E-state index < -0.39 is 0 Å². The van der Waals surface area contributed by atoms with Gasteiger partial charge in [0.2, 0.25) is 5.95 Å². The van der Waals surface area contributed by atoms with Crippen LogP contribution in [0.15, 0.2) is 24.5 Å². The molecule has 0 bridgehead atoms. The van der Waals surface area contributed by atoms with E-state index in [0.29, 0.717) is 24.4 Å². The zero-order valence-corrected chi connectivity index (χ0v) is 21.0. The summed E-state index contributed by atoms with van der Waals surface area (Å²) in [7, 11) is 1.70. The maximum absolute atomic E-state index is 10.1. The van der Waals surface area contributed by atoms with E-state index in [2.05, 4.69) is 42.7 Å². The molecule has 1 saturated carbocycles. The van der Waals surface area contributed by atoms with Crippen molar-refractivity contribution in [3.05, 3.63) is 41.6 Å². The van der Waals surface area contributed by atoms with Crippen molar-refractivity contribution < 1.29 is 9.84 Å². The normalized spacial score (nSPS) is 24.0. The molecule has 1 aliphatic heterocycles. The highest BCUT2D eigenvalue weighted by molar-refractivity contribution is 5.59. The number of aliphatic hydroxyl groups excluding tert-OH is 1. The number of nitrogens with one attached hydrogen (secondary N) is 1. The third-order valence-corrected chi connectivity index (χ3v) is 7.43. The summed E-state index contributed by atoms with van der Waals surface area (Å²) in [4.78, 5) is 16.0. The van der Waals surface area contributed by atoms with E-state index in [1.165, 1.54) is 11.3 Å². The van der Waals surface area contributed by atoms with Crippen LogP contribution in [0.2, 0.25) is 0 Å². The molecule has 0 unspecified atom stereocenters. The highest BCUT2D eigenvalue weighted by Gasteiger charge is 2.30. The van der Waals surface area contributed by atoms with Crippen LogP contribution in [0.25, 0.3) is 5.52 Å². The molecule has 2 aliphatic rings. The van der Waals surface area contributed by atoms with Crippen LogP contribution >= 0.6 is 0 Å². The van der Waals surface area contributed by atoms with Crippen LogP contribution in [0.1, 0.15) is 74.4 Å². The Morgan fingerprint density at radius 1 is 1.17 bits per heavy atom. The molecule has 0 spiro atoms. The number of aryl methyl sites for hydroxylation is 1. The lowest BCUT2D eigenvalue weighted by Gasteiger charge is -2.33. The molecule has 2 fully saturated rings. The minimum Gasteiger partial charge on any atom is -0.393 e. The van der Waals surface area contributed by atoms with Gasteiger partial charge in [-0.05, 0) is 70.1 Å².